The molecule has 0 spiro atoms. The summed E-state index contributed by atoms with van der Waals surface area (Å²) in [7, 11) is 1.84. The maximum absolute atomic E-state index is 6.00. The highest BCUT2D eigenvalue weighted by Crippen LogP contribution is 2.33. The van der Waals surface area contributed by atoms with Crippen molar-refractivity contribution in [2.45, 2.75) is 76.1 Å². The molecule has 0 unspecified atom stereocenters. The van der Waals surface area contributed by atoms with Gasteiger partial charge in [-0.3, -0.25) is 4.90 Å². The molecule has 3 heteroatoms. The van der Waals surface area contributed by atoms with Crippen molar-refractivity contribution >= 4 is 0 Å². The predicted molar refractivity (Wildman–Crippen MR) is 71.0 cm³/mol. The third-order valence-corrected chi connectivity index (χ3v) is 4.56. The second-order valence-electron chi connectivity index (χ2n) is 5.79. The second kappa shape index (κ2) is 6.17. The van der Waals surface area contributed by atoms with Crippen LogP contribution in [0.25, 0.3) is 0 Å². The minimum absolute atomic E-state index is 0.461. The van der Waals surface area contributed by atoms with Gasteiger partial charge in [-0.25, -0.2) is 0 Å². The van der Waals surface area contributed by atoms with Gasteiger partial charge in [0.2, 0.25) is 0 Å². The van der Waals surface area contributed by atoms with Crippen LogP contribution in [0.1, 0.15) is 51.9 Å². The number of hydrogen-bond acceptors (Lipinski definition) is 3. The van der Waals surface area contributed by atoms with Crippen molar-refractivity contribution in [3.8, 4) is 0 Å². The molecule has 0 aliphatic heterocycles. The largest absolute Gasteiger partial charge is 0.381 e. The molecule has 3 nitrogen and oxygen atoms in total. The average Bonchev–Trinajstić information content (AvgIpc) is 2.28. The van der Waals surface area contributed by atoms with Gasteiger partial charge in [0.25, 0.3) is 0 Å². The Kier molecular flexibility index (Phi) is 4.83. The Bertz CT molecular complexity index is 220. The van der Waals surface area contributed by atoms with E-state index in [0.717, 1.165) is 12.1 Å². The molecule has 2 saturated carbocycles. The Morgan fingerprint density at radius 2 is 1.76 bits per heavy atom. The Balaban J connectivity index is 1.84. The van der Waals surface area contributed by atoms with E-state index in [1.54, 1.807) is 0 Å². The molecule has 0 atom stereocenters. The molecule has 2 aliphatic carbocycles. The van der Waals surface area contributed by atoms with Crippen molar-refractivity contribution in [1.82, 2.24) is 4.90 Å². The first kappa shape index (κ1) is 13.3. The number of hydrogen-bond donors (Lipinski definition) is 1. The highest BCUT2D eigenvalue weighted by Gasteiger charge is 2.37. The maximum atomic E-state index is 6.00. The van der Waals surface area contributed by atoms with E-state index in [-0.39, 0.29) is 0 Å². The molecule has 100 valence electrons. The Morgan fingerprint density at radius 1 is 1.12 bits per heavy atom. The lowest BCUT2D eigenvalue weighted by Crippen LogP contribution is -2.53. The summed E-state index contributed by atoms with van der Waals surface area (Å²) in [4.78, 5) is 2.75. The third-order valence-electron chi connectivity index (χ3n) is 4.56. The van der Waals surface area contributed by atoms with E-state index in [4.69, 9.17) is 10.5 Å². The molecule has 17 heavy (non-hydrogen) atoms. The molecule has 0 aromatic carbocycles. The summed E-state index contributed by atoms with van der Waals surface area (Å²) in [6.45, 7) is 3.54. The van der Waals surface area contributed by atoms with Crippen LogP contribution in [0.15, 0.2) is 0 Å². The fourth-order valence-corrected chi connectivity index (χ4v) is 3.36. The van der Waals surface area contributed by atoms with Crippen molar-refractivity contribution in [3.05, 3.63) is 0 Å². The molecule has 0 aromatic heterocycles. The Hall–Kier alpha value is -0.120. The zero-order valence-electron chi connectivity index (χ0n) is 11.4. The van der Waals surface area contributed by atoms with E-state index in [9.17, 15) is 0 Å². The summed E-state index contributed by atoms with van der Waals surface area (Å²) in [6.07, 6.45) is 9.28. The van der Waals surface area contributed by atoms with Crippen molar-refractivity contribution in [2.75, 3.05) is 13.7 Å². The van der Waals surface area contributed by atoms with E-state index in [2.05, 4.69) is 11.8 Å². The van der Waals surface area contributed by atoms with Crippen LogP contribution < -0.4 is 5.73 Å². The van der Waals surface area contributed by atoms with Crippen LogP contribution in [-0.2, 0) is 4.74 Å². The number of methoxy groups -OCH3 is 1. The number of nitrogens with two attached hydrogens (primary N) is 1. The highest BCUT2D eigenvalue weighted by atomic mass is 16.5. The minimum atomic E-state index is 0.461. The molecule has 2 fully saturated rings. The van der Waals surface area contributed by atoms with Crippen molar-refractivity contribution in [2.24, 2.45) is 5.73 Å². The van der Waals surface area contributed by atoms with Gasteiger partial charge in [-0.1, -0.05) is 6.92 Å². The first-order valence-electron chi connectivity index (χ1n) is 7.28. The molecule has 0 amide bonds. The van der Waals surface area contributed by atoms with E-state index < -0.39 is 0 Å². The second-order valence-corrected chi connectivity index (χ2v) is 5.79. The summed E-state index contributed by atoms with van der Waals surface area (Å²) >= 11 is 0. The predicted octanol–water partition coefficient (Wildman–Crippen LogP) is 2.15. The van der Waals surface area contributed by atoms with Crippen LogP contribution in [0.5, 0.6) is 0 Å². The molecular weight excluding hydrogens is 212 g/mol. The molecular formula is C14H28N2O. The van der Waals surface area contributed by atoms with Crippen LogP contribution in [0, 0.1) is 0 Å². The van der Waals surface area contributed by atoms with Gasteiger partial charge in [0.05, 0.1) is 6.10 Å². The van der Waals surface area contributed by atoms with Gasteiger partial charge in [-0.15, -0.1) is 0 Å². The molecule has 2 aliphatic rings. The van der Waals surface area contributed by atoms with Gasteiger partial charge in [-0.2, -0.15) is 0 Å². The van der Waals surface area contributed by atoms with Gasteiger partial charge in [-0.05, 0) is 51.5 Å². The van der Waals surface area contributed by atoms with Gasteiger partial charge in [0, 0.05) is 25.2 Å². The smallest absolute Gasteiger partial charge is 0.0601 e. The topological polar surface area (TPSA) is 38.5 Å². The molecule has 0 aromatic rings. The van der Waals surface area contributed by atoms with Gasteiger partial charge >= 0.3 is 0 Å². The van der Waals surface area contributed by atoms with E-state index in [0.29, 0.717) is 12.1 Å². The first-order chi connectivity index (χ1) is 8.24. The summed E-state index contributed by atoms with van der Waals surface area (Å²) < 4.78 is 5.40. The zero-order chi connectivity index (χ0) is 12.3. The van der Waals surface area contributed by atoms with Crippen LogP contribution in [0.3, 0.4) is 0 Å². The monoisotopic (exact) mass is 240 g/mol. The lowest BCUT2D eigenvalue weighted by molar-refractivity contribution is -0.0464. The number of nitrogens with zero attached hydrogens (tertiary/aromatic N) is 1. The first-order valence-corrected chi connectivity index (χ1v) is 7.28. The quantitative estimate of drug-likeness (QED) is 0.800. The molecule has 0 radical (unpaired) electrons. The molecule has 0 heterocycles. The summed E-state index contributed by atoms with van der Waals surface area (Å²) in [5.74, 6) is 0. The third kappa shape index (κ3) is 3.21. The average molecular weight is 240 g/mol. The van der Waals surface area contributed by atoms with Crippen molar-refractivity contribution in [1.29, 1.82) is 0 Å². The number of rotatable bonds is 5. The normalized spacial score (nSPS) is 38.1. The van der Waals surface area contributed by atoms with E-state index >= 15 is 0 Å². The SMILES string of the molecule is CCCN(C1CCC(N)CC1)C1CC(OC)C1. The molecule has 0 saturated heterocycles. The van der Waals surface area contributed by atoms with Gasteiger partial charge < -0.3 is 10.5 Å². The van der Waals surface area contributed by atoms with Crippen LogP contribution in [0.2, 0.25) is 0 Å². The summed E-state index contributed by atoms with van der Waals surface area (Å²) in [5.41, 5.74) is 6.00. The van der Waals surface area contributed by atoms with Crippen molar-refractivity contribution < 1.29 is 4.74 Å². The van der Waals surface area contributed by atoms with Gasteiger partial charge in [0.1, 0.15) is 0 Å². The minimum Gasteiger partial charge on any atom is -0.381 e. The Labute approximate surface area is 106 Å². The zero-order valence-corrected chi connectivity index (χ0v) is 11.4. The lowest BCUT2D eigenvalue weighted by atomic mass is 9.83. The highest BCUT2D eigenvalue weighted by molar-refractivity contribution is 4.92. The Morgan fingerprint density at radius 3 is 2.29 bits per heavy atom. The molecule has 2 rings (SSSR count). The standard InChI is InChI=1S/C14H28N2O/c1-3-8-16(13-9-14(10-13)17-2)12-6-4-11(15)5-7-12/h11-14H,3-10,15H2,1-2H3. The summed E-state index contributed by atoms with van der Waals surface area (Å²) in [5, 5.41) is 0. The fraction of sp³-hybridized carbons (Fsp3) is 1.00. The lowest BCUT2D eigenvalue weighted by Gasteiger charge is -2.47. The fourth-order valence-electron chi connectivity index (χ4n) is 3.36. The van der Waals surface area contributed by atoms with Crippen LogP contribution in [0.4, 0.5) is 0 Å². The summed E-state index contributed by atoms with van der Waals surface area (Å²) in [6, 6.07) is 2.03. The van der Waals surface area contributed by atoms with E-state index in [1.165, 1.54) is 51.5 Å². The molecule has 2 N–H and O–H groups in total. The molecule has 0 bridgehead atoms. The van der Waals surface area contributed by atoms with Crippen molar-refractivity contribution in [3.63, 3.8) is 0 Å². The van der Waals surface area contributed by atoms with E-state index in [1.807, 2.05) is 7.11 Å². The van der Waals surface area contributed by atoms with Crippen LogP contribution in [-0.4, -0.2) is 42.8 Å². The van der Waals surface area contributed by atoms with Crippen LogP contribution >= 0.6 is 0 Å². The number of ether oxygens (including phenoxy) is 1. The maximum Gasteiger partial charge on any atom is 0.0601 e. The van der Waals surface area contributed by atoms with Gasteiger partial charge in [0.15, 0.2) is 0 Å².